The molecule has 1 aliphatic rings. The number of sulfonamides is 1. The number of halogens is 3. The van der Waals surface area contributed by atoms with Gasteiger partial charge in [-0.2, -0.15) is 0 Å². The molecular formula is C18H18F3NO4S. The van der Waals surface area contributed by atoms with E-state index in [0.717, 1.165) is 48.9 Å². The first-order valence-electron chi connectivity index (χ1n) is 8.26. The molecule has 0 saturated heterocycles. The van der Waals surface area contributed by atoms with Crippen LogP contribution in [0.5, 0.6) is 11.5 Å². The van der Waals surface area contributed by atoms with Crippen LogP contribution in [0, 0.1) is 0 Å². The molecule has 0 aliphatic heterocycles. The second kappa shape index (κ2) is 7.30. The molecule has 3 rings (SSSR count). The zero-order valence-corrected chi connectivity index (χ0v) is 15.3. The van der Waals surface area contributed by atoms with E-state index in [1.54, 1.807) is 12.1 Å². The molecule has 0 fully saturated rings. The van der Waals surface area contributed by atoms with E-state index in [4.69, 9.17) is 4.74 Å². The highest BCUT2D eigenvalue weighted by atomic mass is 32.2. The molecule has 0 bridgehead atoms. The molecule has 0 radical (unpaired) electrons. The lowest BCUT2D eigenvalue weighted by atomic mass is 9.92. The molecule has 5 nitrogen and oxygen atoms in total. The molecule has 0 spiro atoms. The zero-order valence-electron chi connectivity index (χ0n) is 14.5. The molecule has 2 aromatic rings. The lowest BCUT2D eigenvalue weighted by Gasteiger charge is -2.19. The number of aryl methyl sites for hydroxylation is 2. The number of rotatable bonds is 5. The lowest BCUT2D eigenvalue weighted by molar-refractivity contribution is -0.274. The van der Waals surface area contributed by atoms with E-state index >= 15 is 0 Å². The monoisotopic (exact) mass is 401 g/mol. The third kappa shape index (κ3) is 4.65. The van der Waals surface area contributed by atoms with Gasteiger partial charge >= 0.3 is 6.36 Å². The number of hydrogen-bond donors (Lipinski definition) is 1. The third-order valence-corrected chi connectivity index (χ3v) is 5.66. The molecular weight excluding hydrogens is 383 g/mol. The fourth-order valence-electron chi connectivity index (χ4n) is 3.04. The van der Waals surface area contributed by atoms with Crippen molar-refractivity contribution in [1.29, 1.82) is 0 Å². The van der Waals surface area contributed by atoms with Gasteiger partial charge in [0.2, 0.25) is 0 Å². The highest BCUT2D eigenvalue weighted by Crippen LogP contribution is 2.33. The highest BCUT2D eigenvalue weighted by molar-refractivity contribution is 7.92. The quantitative estimate of drug-likeness (QED) is 0.813. The largest absolute Gasteiger partial charge is 0.573 e. The maximum absolute atomic E-state index is 12.8. The Morgan fingerprint density at radius 2 is 1.59 bits per heavy atom. The first-order chi connectivity index (χ1) is 12.7. The summed E-state index contributed by atoms with van der Waals surface area (Å²) in [5.41, 5.74) is 2.16. The second-order valence-electron chi connectivity index (χ2n) is 6.16. The number of benzene rings is 2. The van der Waals surface area contributed by atoms with Crippen LogP contribution in [0.3, 0.4) is 0 Å². The number of nitrogens with one attached hydrogen (secondary N) is 1. The van der Waals surface area contributed by atoms with Crippen molar-refractivity contribution in [3.63, 3.8) is 0 Å². The van der Waals surface area contributed by atoms with Gasteiger partial charge in [-0.05, 0) is 73.2 Å². The topological polar surface area (TPSA) is 64.6 Å². The molecule has 2 aromatic carbocycles. The van der Waals surface area contributed by atoms with Crippen molar-refractivity contribution >= 4 is 15.7 Å². The van der Waals surface area contributed by atoms with Gasteiger partial charge in [0.05, 0.1) is 7.11 Å². The molecule has 0 amide bonds. The third-order valence-electron chi connectivity index (χ3n) is 4.26. The van der Waals surface area contributed by atoms with Gasteiger partial charge in [0.15, 0.2) is 0 Å². The van der Waals surface area contributed by atoms with Crippen molar-refractivity contribution in [2.75, 3.05) is 11.8 Å². The molecule has 0 unspecified atom stereocenters. The molecule has 27 heavy (non-hydrogen) atoms. The summed E-state index contributed by atoms with van der Waals surface area (Å²) in [6.07, 6.45) is -1.09. The molecule has 0 heterocycles. The Kier molecular flexibility index (Phi) is 5.23. The Balaban J connectivity index is 1.86. The van der Waals surface area contributed by atoms with E-state index in [-0.39, 0.29) is 16.3 Å². The maximum Gasteiger partial charge on any atom is 0.573 e. The predicted octanol–water partition coefficient (Wildman–Crippen LogP) is 4.27. The van der Waals surface area contributed by atoms with Gasteiger partial charge in [-0.15, -0.1) is 13.2 Å². The van der Waals surface area contributed by atoms with Crippen molar-refractivity contribution in [2.24, 2.45) is 0 Å². The van der Waals surface area contributed by atoms with E-state index < -0.39 is 22.1 Å². The van der Waals surface area contributed by atoms with Crippen LogP contribution in [-0.2, 0) is 22.9 Å². The van der Waals surface area contributed by atoms with Crippen molar-refractivity contribution in [3.8, 4) is 11.5 Å². The SMILES string of the molecule is COc1cc2c(cc1S(=O)(=O)Nc1ccc(OC(F)(F)F)cc1)CCCC2. The van der Waals surface area contributed by atoms with Crippen LogP contribution in [0.15, 0.2) is 41.3 Å². The van der Waals surface area contributed by atoms with Crippen LogP contribution in [0.4, 0.5) is 18.9 Å². The van der Waals surface area contributed by atoms with Gasteiger partial charge in [0.25, 0.3) is 10.0 Å². The summed E-state index contributed by atoms with van der Waals surface area (Å²) in [6.45, 7) is 0. The Bertz CT molecular complexity index is 925. The summed E-state index contributed by atoms with van der Waals surface area (Å²) >= 11 is 0. The molecule has 0 aromatic heterocycles. The Morgan fingerprint density at radius 3 is 2.15 bits per heavy atom. The van der Waals surface area contributed by atoms with Gasteiger partial charge in [0, 0.05) is 5.69 Å². The average Bonchev–Trinajstić information content (AvgIpc) is 2.61. The number of anilines is 1. The Morgan fingerprint density at radius 1 is 1.00 bits per heavy atom. The normalized spacial score (nSPS) is 14.4. The van der Waals surface area contributed by atoms with Crippen LogP contribution in [0.2, 0.25) is 0 Å². The van der Waals surface area contributed by atoms with E-state index in [1.807, 2.05) is 0 Å². The Hall–Kier alpha value is -2.42. The average molecular weight is 401 g/mol. The zero-order chi connectivity index (χ0) is 19.7. The van der Waals surface area contributed by atoms with Gasteiger partial charge < -0.3 is 9.47 Å². The number of fused-ring (bicyclic) bond motifs is 1. The summed E-state index contributed by atoms with van der Waals surface area (Å²) in [6, 6.07) is 7.82. The highest BCUT2D eigenvalue weighted by Gasteiger charge is 2.31. The number of methoxy groups -OCH3 is 1. The van der Waals surface area contributed by atoms with Crippen LogP contribution in [-0.4, -0.2) is 21.9 Å². The second-order valence-corrected chi connectivity index (χ2v) is 7.81. The van der Waals surface area contributed by atoms with Crippen molar-refractivity contribution in [1.82, 2.24) is 0 Å². The molecule has 0 atom stereocenters. The summed E-state index contributed by atoms with van der Waals surface area (Å²) in [5, 5.41) is 0. The van der Waals surface area contributed by atoms with Crippen LogP contribution in [0.1, 0.15) is 24.0 Å². The summed E-state index contributed by atoms with van der Waals surface area (Å²) in [5.74, 6) is -0.197. The Labute approximate surface area is 155 Å². The minimum absolute atomic E-state index is 0.00117. The summed E-state index contributed by atoms with van der Waals surface area (Å²) in [7, 11) is -2.58. The van der Waals surface area contributed by atoms with E-state index in [1.165, 1.54) is 19.2 Å². The van der Waals surface area contributed by atoms with Gasteiger partial charge in [-0.25, -0.2) is 8.42 Å². The number of hydrogen-bond acceptors (Lipinski definition) is 4. The van der Waals surface area contributed by atoms with E-state index in [2.05, 4.69) is 9.46 Å². The standard InChI is InChI=1S/C18H18F3NO4S/c1-25-16-10-12-4-2-3-5-13(12)11-17(16)27(23,24)22-14-6-8-15(9-7-14)26-18(19,20)21/h6-11,22H,2-5H2,1H3. The smallest absolute Gasteiger partial charge is 0.495 e. The number of ether oxygens (including phenoxy) is 2. The minimum atomic E-state index is -4.81. The molecule has 146 valence electrons. The minimum Gasteiger partial charge on any atom is -0.495 e. The van der Waals surface area contributed by atoms with E-state index in [9.17, 15) is 21.6 Å². The van der Waals surface area contributed by atoms with Crippen molar-refractivity contribution in [3.05, 3.63) is 47.5 Å². The molecule has 1 aliphatic carbocycles. The molecule has 9 heteroatoms. The van der Waals surface area contributed by atoms with E-state index in [0.29, 0.717) is 0 Å². The first kappa shape index (κ1) is 19.3. The molecule has 0 saturated carbocycles. The van der Waals surface area contributed by atoms with Crippen LogP contribution in [0.25, 0.3) is 0 Å². The van der Waals surface area contributed by atoms with Crippen LogP contribution < -0.4 is 14.2 Å². The fourth-order valence-corrected chi connectivity index (χ4v) is 4.31. The van der Waals surface area contributed by atoms with Crippen molar-refractivity contribution < 1.29 is 31.1 Å². The fraction of sp³-hybridized carbons (Fsp3) is 0.333. The lowest BCUT2D eigenvalue weighted by Crippen LogP contribution is -2.17. The number of alkyl halides is 3. The van der Waals surface area contributed by atoms with Gasteiger partial charge in [-0.1, -0.05) is 0 Å². The van der Waals surface area contributed by atoms with Gasteiger partial charge in [-0.3, -0.25) is 4.72 Å². The first-order valence-corrected chi connectivity index (χ1v) is 9.75. The maximum atomic E-state index is 12.8. The predicted molar refractivity (Wildman–Crippen MR) is 93.6 cm³/mol. The van der Waals surface area contributed by atoms with Gasteiger partial charge in [0.1, 0.15) is 16.4 Å². The summed E-state index contributed by atoms with van der Waals surface area (Å²) in [4.78, 5) is 0.00117. The summed E-state index contributed by atoms with van der Waals surface area (Å²) < 4.78 is 73.6. The van der Waals surface area contributed by atoms with Crippen LogP contribution >= 0.6 is 0 Å². The molecule has 1 N–H and O–H groups in total. The van der Waals surface area contributed by atoms with Crippen molar-refractivity contribution in [2.45, 2.75) is 36.9 Å².